The number of hydrogen-bond donors (Lipinski definition) is 0. The minimum absolute atomic E-state index is 0.0222. The van der Waals surface area contributed by atoms with Gasteiger partial charge in [0.2, 0.25) is 0 Å². The number of rotatable bonds is 7. The Kier molecular flexibility index (Phi) is 6.65. The van der Waals surface area contributed by atoms with Gasteiger partial charge in [0.25, 0.3) is 5.91 Å². The van der Waals surface area contributed by atoms with Crippen LogP contribution < -0.4 is 0 Å². The molecule has 0 radical (unpaired) electrons. The van der Waals surface area contributed by atoms with Crippen LogP contribution in [0, 0.1) is 11.3 Å². The third-order valence-corrected chi connectivity index (χ3v) is 4.10. The van der Waals surface area contributed by atoms with Crippen LogP contribution in [-0.4, -0.2) is 48.7 Å². The standard InChI is InChI=1S/C21H23N3O2/c1-16(25)19-8-10-20(11-9-19)21(26)24(13-12-23(2)3)15-18-6-4-17(14-22)5-7-18/h4-11H,12-13,15H2,1-3H3. The number of nitrogens with zero attached hydrogens (tertiary/aromatic N) is 3. The van der Waals surface area contributed by atoms with Gasteiger partial charge in [0, 0.05) is 30.8 Å². The molecule has 5 nitrogen and oxygen atoms in total. The molecule has 2 rings (SSSR count). The largest absolute Gasteiger partial charge is 0.333 e. The molecule has 0 atom stereocenters. The minimum atomic E-state index is -0.0775. The lowest BCUT2D eigenvalue weighted by Crippen LogP contribution is -2.36. The first kappa shape index (κ1) is 19.4. The zero-order valence-electron chi connectivity index (χ0n) is 15.4. The predicted octanol–water partition coefficient (Wildman–Crippen LogP) is 2.96. The van der Waals surface area contributed by atoms with Gasteiger partial charge in [0.15, 0.2) is 5.78 Å². The molecule has 0 aliphatic carbocycles. The molecule has 0 aliphatic rings. The molecule has 5 heteroatoms. The molecule has 0 spiro atoms. The van der Waals surface area contributed by atoms with Gasteiger partial charge >= 0.3 is 0 Å². The van der Waals surface area contributed by atoms with Crippen LogP contribution >= 0.6 is 0 Å². The maximum Gasteiger partial charge on any atom is 0.254 e. The maximum absolute atomic E-state index is 12.9. The van der Waals surface area contributed by atoms with Gasteiger partial charge in [-0.1, -0.05) is 24.3 Å². The number of Topliss-reactive ketones (excluding diaryl/α,β-unsaturated/α-hetero) is 1. The Balaban J connectivity index is 2.20. The van der Waals surface area contributed by atoms with Crippen molar-refractivity contribution < 1.29 is 9.59 Å². The first-order valence-electron chi connectivity index (χ1n) is 8.44. The van der Waals surface area contributed by atoms with Crippen molar-refractivity contribution in [1.29, 1.82) is 5.26 Å². The highest BCUT2D eigenvalue weighted by atomic mass is 16.2. The van der Waals surface area contributed by atoms with Crippen LogP contribution in [0.5, 0.6) is 0 Å². The second kappa shape index (κ2) is 8.93. The molecule has 0 saturated carbocycles. The van der Waals surface area contributed by atoms with Gasteiger partial charge in [-0.15, -0.1) is 0 Å². The second-order valence-electron chi connectivity index (χ2n) is 6.47. The molecule has 134 valence electrons. The van der Waals surface area contributed by atoms with Crippen molar-refractivity contribution in [3.63, 3.8) is 0 Å². The van der Waals surface area contributed by atoms with E-state index in [1.54, 1.807) is 41.3 Å². The van der Waals surface area contributed by atoms with E-state index in [1.807, 2.05) is 31.1 Å². The molecule has 0 unspecified atom stereocenters. The summed E-state index contributed by atoms with van der Waals surface area (Å²) in [5.74, 6) is -0.0997. The quantitative estimate of drug-likeness (QED) is 0.721. The summed E-state index contributed by atoms with van der Waals surface area (Å²) < 4.78 is 0. The van der Waals surface area contributed by atoms with E-state index >= 15 is 0 Å². The van der Waals surface area contributed by atoms with E-state index in [0.717, 1.165) is 12.1 Å². The Morgan fingerprint density at radius 1 is 0.923 bits per heavy atom. The molecule has 0 fully saturated rings. The smallest absolute Gasteiger partial charge is 0.254 e. The molecule has 0 aromatic heterocycles. The lowest BCUT2D eigenvalue weighted by atomic mass is 10.1. The fraction of sp³-hybridized carbons (Fsp3) is 0.286. The molecule has 0 aliphatic heterocycles. The molecule has 2 aromatic carbocycles. The molecule has 1 amide bonds. The predicted molar refractivity (Wildman–Crippen MR) is 101 cm³/mol. The number of carbonyl (C=O) groups is 2. The number of benzene rings is 2. The molecular weight excluding hydrogens is 326 g/mol. The van der Waals surface area contributed by atoms with Gasteiger partial charge in [-0.25, -0.2) is 0 Å². The third kappa shape index (κ3) is 5.27. The SMILES string of the molecule is CC(=O)c1ccc(C(=O)N(CCN(C)C)Cc2ccc(C#N)cc2)cc1. The fourth-order valence-electron chi connectivity index (χ4n) is 2.51. The Hall–Kier alpha value is -2.97. The summed E-state index contributed by atoms with van der Waals surface area (Å²) in [4.78, 5) is 28.2. The van der Waals surface area contributed by atoms with Crippen molar-refractivity contribution in [2.24, 2.45) is 0 Å². The topological polar surface area (TPSA) is 64.4 Å². The minimum Gasteiger partial charge on any atom is -0.333 e. The van der Waals surface area contributed by atoms with E-state index in [2.05, 4.69) is 6.07 Å². The molecule has 2 aromatic rings. The zero-order chi connectivity index (χ0) is 19.1. The van der Waals surface area contributed by atoms with Gasteiger partial charge < -0.3 is 9.80 Å². The molecule has 26 heavy (non-hydrogen) atoms. The van der Waals surface area contributed by atoms with E-state index in [4.69, 9.17) is 5.26 Å². The Morgan fingerprint density at radius 3 is 2.00 bits per heavy atom. The van der Waals surface area contributed by atoms with Gasteiger partial charge in [-0.2, -0.15) is 5.26 Å². The summed E-state index contributed by atoms with van der Waals surface area (Å²) in [6.45, 7) is 3.30. The number of hydrogen-bond acceptors (Lipinski definition) is 4. The number of likely N-dealkylation sites (N-methyl/N-ethyl adjacent to an activating group) is 1. The van der Waals surface area contributed by atoms with Crippen LogP contribution in [0.3, 0.4) is 0 Å². The van der Waals surface area contributed by atoms with Gasteiger partial charge in [-0.05, 0) is 50.8 Å². The van der Waals surface area contributed by atoms with E-state index in [1.165, 1.54) is 6.92 Å². The fourth-order valence-corrected chi connectivity index (χ4v) is 2.51. The normalized spacial score (nSPS) is 10.4. The van der Waals surface area contributed by atoms with E-state index in [-0.39, 0.29) is 11.7 Å². The Morgan fingerprint density at radius 2 is 1.50 bits per heavy atom. The van der Waals surface area contributed by atoms with Crippen LogP contribution in [0.1, 0.15) is 38.8 Å². The lowest BCUT2D eigenvalue weighted by molar-refractivity contribution is 0.0731. The van der Waals surface area contributed by atoms with Gasteiger partial charge in [-0.3, -0.25) is 9.59 Å². The average molecular weight is 349 g/mol. The van der Waals surface area contributed by atoms with Gasteiger partial charge in [0.1, 0.15) is 0 Å². The molecule has 0 N–H and O–H groups in total. The van der Waals surface area contributed by atoms with Crippen molar-refractivity contribution in [3.8, 4) is 6.07 Å². The maximum atomic E-state index is 12.9. The summed E-state index contributed by atoms with van der Waals surface area (Å²) in [7, 11) is 3.93. The highest BCUT2D eigenvalue weighted by Crippen LogP contribution is 2.13. The number of amides is 1. The molecular formula is C21H23N3O2. The van der Waals surface area contributed by atoms with Crippen molar-refractivity contribution in [3.05, 3.63) is 70.8 Å². The highest BCUT2D eigenvalue weighted by Gasteiger charge is 2.17. The number of nitriles is 1. The number of carbonyl (C=O) groups excluding carboxylic acids is 2. The van der Waals surface area contributed by atoms with Crippen molar-refractivity contribution in [1.82, 2.24) is 9.80 Å². The zero-order valence-corrected chi connectivity index (χ0v) is 15.4. The van der Waals surface area contributed by atoms with E-state index in [9.17, 15) is 9.59 Å². The van der Waals surface area contributed by atoms with Crippen LogP contribution in [0.15, 0.2) is 48.5 Å². The molecule has 0 bridgehead atoms. The highest BCUT2D eigenvalue weighted by molar-refractivity contribution is 5.97. The Bertz CT molecular complexity index is 803. The summed E-state index contributed by atoms with van der Waals surface area (Å²) >= 11 is 0. The van der Waals surface area contributed by atoms with Gasteiger partial charge in [0.05, 0.1) is 11.6 Å². The van der Waals surface area contributed by atoms with Crippen LogP contribution in [0.4, 0.5) is 0 Å². The monoisotopic (exact) mass is 349 g/mol. The number of ketones is 1. The summed E-state index contributed by atoms with van der Waals surface area (Å²) in [6.07, 6.45) is 0. The molecule has 0 saturated heterocycles. The molecule has 0 heterocycles. The lowest BCUT2D eigenvalue weighted by Gasteiger charge is -2.25. The first-order valence-corrected chi connectivity index (χ1v) is 8.44. The average Bonchev–Trinajstić information content (AvgIpc) is 2.65. The van der Waals surface area contributed by atoms with Crippen molar-refractivity contribution in [2.45, 2.75) is 13.5 Å². The van der Waals surface area contributed by atoms with Crippen molar-refractivity contribution in [2.75, 3.05) is 27.2 Å². The van der Waals surface area contributed by atoms with Crippen LogP contribution in [0.2, 0.25) is 0 Å². The summed E-state index contributed by atoms with van der Waals surface area (Å²) in [6, 6.07) is 16.1. The van der Waals surface area contributed by atoms with E-state index < -0.39 is 0 Å². The first-order chi connectivity index (χ1) is 12.4. The van der Waals surface area contributed by atoms with Crippen LogP contribution in [-0.2, 0) is 6.54 Å². The summed E-state index contributed by atoms with van der Waals surface area (Å²) in [5, 5.41) is 8.91. The summed E-state index contributed by atoms with van der Waals surface area (Å²) in [5.41, 5.74) is 2.71. The third-order valence-electron chi connectivity index (χ3n) is 4.10. The van der Waals surface area contributed by atoms with Crippen molar-refractivity contribution >= 4 is 11.7 Å². The Labute approximate surface area is 154 Å². The van der Waals surface area contributed by atoms with E-state index in [0.29, 0.717) is 29.8 Å². The second-order valence-corrected chi connectivity index (χ2v) is 6.47. The van der Waals surface area contributed by atoms with Crippen LogP contribution in [0.25, 0.3) is 0 Å².